The number of para-hydroxylation sites is 3. The second-order valence-electron chi connectivity index (χ2n) is 17.7. The van der Waals surface area contributed by atoms with Gasteiger partial charge >= 0.3 is 0 Å². The van der Waals surface area contributed by atoms with Crippen LogP contribution < -0.4 is 20.7 Å². The number of hydrogen-bond acceptors (Lipinski definition) is 1. The van der Waals surface area contributed by atoms with E-state index in [0.717, 1.165) is 27.9 Å². The maximum absolute atomic E-state index is 6.74. The van der Waals surface area contributed by atoms with Gasteiger partial charge in [0, 0.05) is 43.7 Å². The molecule has 0 bridgehead atoms. The number of aromatic nitrogens is 2. The van der Waals surface area contributed by atoms with Crippen LogP contribution in [0, 0.1) is 0 Å². The molecule has 0 fully saturated rings. The van der Waals surface area contributed by atoms with Crippen LogP contribution in [0.25, 0.3) is 76.9 Å². The first kappa shape index (κ1) is 36.4. The summed E-state index contributed by atoms with van der Waals surface area (Å²) < 4.78 is 11.6. The summed E-state index contributed by atoms with van der Waals surface area (Å²) in [5.41, 5.74) is 10.3. The Kier molecular flexibility index (Phi) is 8.12. The molecule has 0 saturated heterocycles. The van der Waals surface area contributed by atoms with Crippen LogP contribution in [-0.4, -0.2) is 17.2 Å². The van der Waals surface area contributed by atoms with Gasteiger partial charge in [0.2, 0.25) is 0 Å². The van der Waals surface area contributed by atoms with Crippen LogP contribution in [0.3, 0.4) is 0 Å². The lowest BCUT2D eigenvalue weighted by Crippen LogP contribution is -2.74. The summed E-state index contributed by atoms with van der Waals surface area (Å²) in [5, 5.41) is 12.6. The summed E-state index contributed by atoms with van der Waals surface area (Å²) in [5.74, 6) is 0. The molecule has 0 unspecified atom stereocenters. The Morgan fingerprint density at radius 1 is 0.339 bits per heavy atom. The molecule has 0 aliphatic rings. The number of furan rings is 1. The molecule has 0 amide bonds. The van der Waals surface area contributed by atoms with Crippen molar-refractivity contribution in [3.05, 3.63) is 218 Å². The highest BCUT2D eigenvalue weighted by atomic mass is 28.3. The molecule has 296 valence electrons. The number of hydrogen-bond donors (Lipinski definition) is 0. The molecule has 9 aromatic carbocycles. The molecule has 0 radical (unpaired) electrons. The van der Waals surface area contributed by atoms with E-state index in [9.17, 15) is 0 Å². The van der Waals surface area contributed by atoms with Crippen molar-refractivity contribution in [2.45, 2.75) is 26.2 Å². The highest BCUT2D eigenvalue weighted by molar-refractivity contribution is 7.20. The molecule has 3 aromatic heterocycles. The van der Waals surface area contributed by atoms with Gasteiger partial charge in [-0.1, -0.05) is 166 Å². The van der Waals surface area contributed by atoms with Crippen molar-refractivity contribution in [3.63, 3.8) is 0 Å². The summed E-state index contributed by atoms with van der Waals surface area (Å²) >= 11 is 0. The molecular weight excluding hydrogens is 769 g/mol. The first-order valence-electron chi connectivity index (χ1n) is 21.6. The van der Waals surface area contributed by atoms with Crippen molar-refractivity contribution < 1.29 is 4.42 Å². The van der Waals surface area contributed by atoms with Crippen molar-refractivity contribution >= 4 is 94.4 Å². The molecule has 3 heterocycles. The SMILES string of the molecule is CC(C)(C)c1ccc2oc3cc([Si](c4ccccc4)(c4ccccc4)c4cccc(-n5c6ccccc6c6cc(-n7c8ccccc8c8ccccc87)ccc65)c4)ccc3c2c1. The highest BCUT2D eigenvalue weighted by Gasteiger charge is 2.42. The Hall–Kier alpha value is -7.40. The van der Waals surface area contributed by atoms with E-state index in [1.54, 1.807) is 0 Å². The van der Waals surface area contributed by atoms with E-state index in [2.05, 4.69) is 242 Å². The maximum atomic E-state index is 6.74. The van der Waals surface area contributed by atoms with Crippen molar-refractivity contribution in [3.8, 4) is 11.4 Å². The van der Waals surface area contributed by atoms with Crippen LogP contribution in [0.4, 0.5) is 0 Å². The Labute approximate surface area is 361 Å². The zero-order valence-corrected chi connectivity index (χ0v) is 36.0. The van der Waals surface area contributed by atoms with Gasteiger partial charge in [-0.2, -0.15) is 0 Å². The largest absolute Gasteiger partial charge is 0.456 e. The van der Waals surface area contributed by atoms with E-state index in [-0.39, 0.29) is 5.41 Å². The fraction of sp³-hybridized carbons (Fsp3) is 0.0690. The van der Waals surface area contributed by atoms with Gasteiger partial charge in [-0.25, -0.2) is 0 Å². The second-order valence-corrected chi connectivity index (χ2v) is 21.5. The van der Waals surface area contributed by atoms with Gasteiger partial charge in [0.05, 0.1) is 22.1 Å². The standard InChI is InChI=1S/C58H44N2OSi/c1-58(2,3)39-29-34-56-51(35-39)49-32-31-45(38-57(49)61-56)62(42-18-6-4-7-19-42,43-20-8-5-9-21-43)44-22-16-17-40(36-44)59-54-28-15-12-25-48(54)50-37-41(30-33-55(50)59)60-52-26-13-10-23-46(52)47-24-11-14-27-53(47)60/h4-38H,1-3H3. The predicted octanol–water partition coefficient (Wildman–Crippen LogP) is 12.5. The number of rotatable bonds is 6. The fourth-order valence-electron chi connectivity index (χ4n) is 10.3. The smallest absolute Gasteiger partial charge is 0.179 e. The van der Waals surface area contributed by atoms with Crippen molar-refractivity contribution in [2.24, 2.45) is 0 Å². The molecule has 0 saturated carbocycles. The summed E-state index contributed by atoms with van der Waals surface area (Å²) in [6.07, 6.45) is 0. The van der Waals surface area contributed by atoms with Crippen LogP contribution in [0.1, 0.15) is 26.3 Å². The average Bonchev–Trinajstić information content (AvgIpc) is 3.97. The molecule has 12 rings (SSSR count). The first-order valence-corrected chi connectivity index (χ1v) is 23.6. The Bertz CT molecular complexity index is 3590. The Balaban J connectivity index is 1.09. The van der Waals surface area contributed by atoms with E-state index in [1.165, 1.54) is 75.3 Å². The lowest BCUT2D eigenvalue weighted by Gasteiger charge is -2.34. The van der Waals surface area contributed by atoms with E-state index < -0.39 is 8.07 Å². The third-order valence-corrected chi connectivity index (χ3v) is 18.0. The van der Waals surface area contributed by atoms with E-state index in [1.807, 2.05) is 0 Å². The maximum Gasteiger partial charge on any atom is 0.179 e. The van der Waals surface area contributed by atoms with Gasteiger partial charge < -0.3 is 13.6 Å². The topological polar surface area (TPSA) is 23.0 Å². The molecule has 4 heteroatoms. The molecule has 0 atom stereocenters. The second kappa shape index (κ2) is 13.8. The van der Waals surface area contributed by atoms with E-state index in [4.69, 9.17) is 4.42 Å². The first-order chi connectivity index (χ1) is 30.4. The van der Waals surface area contributed by atoms with E-state index in [0.29, 0.717) is 0 Å². The summed E-state index contributed by atoms with van der Waals surface area (Å²) in [6.45, 7) is 6.81. The van der Waals surface area contributed by atoms with Crippen LogP contribution in [0.2, 0.25) is 0 Å². The van der Waals surface area contributed by atoms with Gasteiger partial charge in [-0.3, -0.25) is 0 Å². The molecule has 0 spiro atoms. The Morgan fingerprint density at radius 2 is 0.855 bits per heavy atom. The molecule has 12 aromatic rings. The molecule has 0 aliphatic carbocycles. The molecule has 0 N–H and O–H groups in total. The minimum absolute atomic E-state index is 0.0381. The minimum atomic E-state index is -2.96. The van der Waals surface area contributed by atoms with Crippen LogP contribution in [-0.2, 0) is 5.41 Å². The quantitative estimate of drug-likeness (QED) is 0.121. The summed E-state index contributed by atoms with van der Waals surface area (Å²) in [6, 6.07) is 78.8. The van der Waals surface area contributed by atoms with Gasteiger partial charge in [0.15, 0.2) is 8.07 Å². The molecule has 62 heavy (non-hydrogen) atoms. The molecular formula is C58H44N2OSi. The predicted molar refractivity (Wildman–Crippen MR) is 265 cm³/mol. The van der Waals surface area contributed by atoms with E-state index >= 15 is 0 Å². The van der Waals surface area contributed by atoms with Crippen molar-refractivity contribution in [2.75, 3.05) is 0 Å². The lowest BCUT2D eigenvalue weighted by atomic mass is 9.86. The number of benzene rings is 9. The van der Waals surface area contributed by atoms with Gasteiger partial charge in [-0.15, -0.1) is 0 Å². The van der Waals surface area contributed by atoms with Gasteiger partial charge in [0.1, 0.15) is 11.2 Å². The third kappa shape index (κ3) is 5.43. The third-order valence-electron chi connectivity index (χ3n) is 13.2. The minimum Gasteiger partial charge on any atom is -0.456 e. The van der Waals surface area contributed by atoms with Gasteiger partial charge in [0.25, 0.3) is 0 Å². The lowest BCUT2D eigenvalue weighted by molar-refractivity contribution is 0.590. The summed E-state index contributed by atoms with van der Waals surface area (Å²) in [4.78, 5) is 0. The number of nitrogens with zero attached hydrogens (tertiary/aromatic N) is 2. The van der Waals surface area contributed by atoms with Crippen molar-refractivity contribution in [1.29, 1.82) is 0 Å². The zero-order chi connectivity index (χ0) is 41.6. The fourth-order valence-corrected chi connectivity index (χ4v) is 15.1. The molecule has 3 nitrogen and oxygen atoms in total. The monoisotopic (exact) mass is 812 g/mol. The summed E-state index contributed by atoms with van der Waals surface area (Å²) in [7, 11) is -2.96. The Morgan fingerprint density at radius 3 is 1.47 bits per heavy atom. The van der Waals surface area contributed by atoms with Crippen LogP contribution >= 0.6 is 0 Å². The van der Waals surface area contributed by atoms with Crippen molar-refractivity contribution in [1.82, 2.24) is 9.13 Å². The normalized spacial score (nSPS) is 12.4. The van der Waals surface area contributed by atoms with Crippen LogP contribution in [0.15, 0.2) is 217 Å². The molecule has 0 aliphatic heterocycles. The number of fused-ring (bicyclic) bond motifs is 9. The zero-order valence-electron chi connectivity index (χ0n) is 35.0. The average molecular weight is 813 g/mol. The highest BCUT2D eigenvalue weighted by Crippen LogP contribution is 2.37. The van der Waals surface area contributed by atoms with Crippen LogP contribution in [0.5, 0.6) is 0 Å². The van der Waals surface area contributed by atoms with Gasteiger partial charge in [-0.05, 0) is 98.5 Å².